The van der Waals surface area contributed by atoms with Crippen LogP contribution in [0.25, 0.3) is 0 Å². The number of nitrogens with zero attached hydrogens (tertiary/aromatic N) is 2. The van der Waals surface area contributed by atoms with Crippen molar-refractivity contribution in [3.05, 3.63) is 16.0 Å². The van der Waals surface area contributed by atoms with Gasteiger partial charge in [-0.1, -0.05) is 12.8 Å². The van der Waals surface area contributed by atoms with Crippen LogP contribution in [0.5, 0.6) is 0 Å². The van der Waals surface area contributed by atoms with E-state index in [1.807, 2.05) is 0 Å². The van der Waals surface area contributed by atoms with Crippen molar-refractivity contribution in [1.82, 2.24) is 9.80 Å². The summed E-state index contributed by atoms with van der Waals surface area (Å²) >= 11 is 1.57. The maximum atomic E-state index is 12.8. The minimum atomic E-state index is -0.326. The molecule has 1 unspecified atom stereocenters. The average molecular weight is 406 g/mol. The van der Waals surface area contributed by atoms with E-state index in [0.29, 0.717) is 23.2 Å². The van der Waals surface area contributed by atoms with Crippen LogP contribution < -0.4 is 5.32 Å². The van der Waals surface area contributed by atoms with E-state index in [-0.39, 0.29) is 11.9 Å². The fraction of sp³-hybridized carbons (Fsp3) is 0.714. The van der Waals surface area contributed by atoms with Crippen LogP contribution in [0.1, 0.15) is 59.3 Å². The fourth-order valence-corrected chi connectivity index (χ4v) is 6.19. The van der Waals surface area contributed by atoms with Gasteiger partial charge in [-0.25, -0.2) is 4.79 Å². The fourth-order valence-electron chi connectivity index (χ4n) is 4.89. The second-order valence-corrected chi connectivity index (χ2v) is 9.33. The minimum absolute atomic E-state index is 0.0224. The molecule has 0 bridgehead atoms. The standard InChI is InChI=1S/C21H31N3O3S/c1-27-21(26)19-16-8-4-2-3-5-9-17(16)28-20(19)22-18(25)14-23-11-12-24-10-6-7-15(24)13-23/h15H,2-14H2,1H3,(H,22,25). The topological polar surface area (TPSA) is 61.9 Å². The monoisotopic (exact) mass is 405 g/mol. The van der Waals surface area contributed by atoms with Crippen molar-refractivity contribution >= 4 is 28.2 Å². The second-order valence-electron chi connectivity index (χ2n) is 8.23. The molecular weight excluding hydrogens is 374 g/mol. The molecule has 1 amide bonds. The summed E-state index contributed by atoms with van der Waals surface area (Å²) in [5, 5.41) is 3.74. The number of ether oxygens (including phenoxy) is 1. The Morgan fingerprint density at radius 1 is 1.11 bits per heavy atom. The number of thiophene rings is 1. The molecule has 1 N–H and O–H groups in total. The van der Waals surface area contributed by atoms with Crippen LogP contribution >= 0.6 is 11.3 Å². The van der Waals surface area contributed by atoms with Crippen LogP contribution in [0, 0.1) is 0 Å². The van der Waals surface area contributed by atoms with E-state index in [0.717, 1.165) is 50.9 Å². The highest BCUT2D eigenvalue weighted by atomic mass is 32.1. The molecule has 2 aliphatic heterocycles. The molecule has 1 aromatic heterocycles. The van der Waals surface area contributed by atoms with Crippen molar-refractivity contribution < 1.29 is 14.3 Å². The van der Waals surface area contributed by atoms with Gasteiger partial charge in [0.25, 0.3) is 0 Å². The Morgan fingerprint density at radius 2 is 1.93 bits per heavy atom. The zero-order valence-electron chi connectivity index (χ0n) is 16.8. The highest BCUT2D eigenvalue weighted by Crippen LogP contribution is 2.37. The number of anilines is 1. The molecule has 1 atom stereocenters. The summed E-state index contributed by atoms with van der Waals surface area (Å²) in [6, 6.07) is 0.605. The predicted octanol–water partition coefficient (Wildman–Crippen LogP) is 2.91. The maximum Gasteiger partial charge on any atom is 0.341 e. The molecule has 0 radical (unpaired) electrons. The van der Waals surface area contributed by atoms with Gasteiger partial charge >= 0.3 is 5.97 Å². The summed E-state index contributed by atoms with van der Waals surface area (Å²) in [6.07, 6.45) is 9.07. The Labute approximate surface area is 171 Å². The molecular formula is C21H31N3O3S. The summed E-state index contributed by atoms with van der Waals surface area (Å²) in [5.74, 6) is -0.348. The number of aryl methyl sites for hydroxylation is 1. The van der Waals surface area contributed by atoms with Crippen LogP contribution in [0.3, 0.4) is 0 Å². The highest BCUT2D eigenvalue weighted by Gasteiger charge is 2.32. The highest BCUT2D eigenvalue weighted by molar-refractivity contribution is 7.17. The van der Waals surface area contributed by atoms with E-state index in [9.17, 15) is 9.59 Å². The molecule has 4 rings (SSSR count). The Hall–Kier alpha value is -1.44. The van der Waals surface area contributed by atoms with Crippen molar-refractivity contribution in [2.75, 3.05) is 45.2 Å². The Balaban J connectivity index is 1.46. The van der Waals surface area contributed by atoms with Gasteiger partial charge in [0.1, 0.15) is 5.00 Å². The number of hydrogen-bond donors (Lipinski definition) is 1. The van der Waals surface area contributed by atoms with Gasteiger partial charge in [-0.15, -0.1) is 11.3 Å². The zero-order chi connectivity index (χ0) is 19.5. The summed E-state index contributed by atoms with van der Waals surface area (Å²) in [7, 11) is 1.42. The number of methoxy groups -OCH3 is 1. The number of amides is 1. The van der Waals surface area contributed by atoms with E-state index in [4.69, 9.17) is 4.74 Å². The van der Waals surface area contributed by atoms with E-state index in [2.05, 4.69) is 15.1 Å². The average Bonchev–Trinajstić information content (AvgIpc) is 3.25. The third-order valence-electron chi connectivity index (χ3n) is 6.35. The van der Waals surface area contributed by atoms with Gasteiger partial charge < -0.3 is 10.1 Å². The lowest BCUT2D eigenvalue weighted by molar-refractivity contribution is -0.117. The minimum Gasteiger partial charge on any atom is -0.465 e. The molecule has 2 saturated heterocycles. The van der Waals surface area contributed by atoms with Crippen LogP contribution in [0.15, 0.2) is 0 Å². The van der Waals surface area contributed by atoms with Crippen LogP contribution in [0.2, 0.25) is 0 Å². The Morgan fingerprint density at radius 3 is 2.75 bits per heavy atom. The number of fused-ring (bicyclic) bond motifs is 2. The van der Waals surface area contributed by atoms with Crippen LogP contribution in [-0.4, -0.2) is 67.6 Å². The van der Waals surface area contributed by atoms with Crippen LogP contribution in [0.4, 0.5) is 5.00 Å². The summed E-state index contributed by atoms with van der Waals surface area (Å²) in [6.45, 7) is 4.56. The Bertz CT molecular complexity index is 733. The summed E-state index contributed by atoms with van der Waals surface area (Å²) in [5.41, 5.74) is 1.70. The van der Waals surface area contributed by atoms with Crippen molar-refractivity contribution in [2.45, 2.75) is 57.4 Å². The van der Waals surface area contributed by atoms with Crippen molar-refractivity contribution in [3.63, 3.8) is 0 Å². The predicted molar refractivity (Wildman–Crippen MR) is 111 cm³/mol. The van der Waals surface area contributed by atoms with E-state index < -0.39 is 0 Å². The first kappa shape index (κ1) is 19.9. The quantitative estimate of drug-likeness (QED) is 0.781. The van der Waals surface area contributed by atoms with Crippen LogP contribution in [-0.2, 0) is 22.4 Å². The largest absolute Gasteiger partial charge is 0.465 e. The van der Waals surface area contributed by atoms with Gasteiger partial charge in [-0.3, -0.25) is 14.6 Å². The summed E-state index contributed by atoms with van der Waals surface area (Å²) in [4.78, 5) is 31.3. The first-order chi connectivity index (χ1) is 13.7. The number of esters is 1. The molecule has 1 aromatic rings. The third kappa shape index (κ3) is 4.26. The van der Waals surface area contributed by atoms with Gasteiger partial charge in [-0.2, -0.15) is 0 Å². The second kappa shape index (κ2) is 8.93. The van der Waals surface area contributed by atoms with Gasteiger partial charge in [0, 0.05) is 30.6 Å². The molecule has 3 aliphatic rings. The SMILES string of the molecule is COC(=O)c1c(NC(=O)CN2CCN3CCCC3C2)sc2c1CCCCCC2. The van der Waals surface area contributed by atoms with Gasteiger partial charge in [-0.05, 0) is 50.6 Å². The maximum absolute atomic E-state index is 12.8. The first-order valence-corrected chi connectivity index (χ1v) is 11.5. The van der Waals surface area contributed by atoms with E-state index in [1.165, 1.54) is 44.2 Å². The Kier molecular flexibility index (Phi) is 6.33. The van der Waals surface area contributed by atoms with Gasteiger partial charge in [0.05, 0.1) is 19.2 Å². The number of piperazine rings is 1. The smallest absolute Gasteiger partial charge is 0.341 e. The lowest BCUT2D eigenvalue weighted by Crippen LogP contribution is -2.51. The molecule has 0 spiro atoms. The van der Waals surface area contributed by atoms with Crippen molar-refractivity contribution in [2.24, 2.45) is 0 Å². The normalized spacial score (nSPS) is 23.4. The lowest BCUT2D eigenvalue weighted by Gasteiger charge is -2.37. The number of nitrogens with one attached hydrogen (secondary N) is 1. The molecule has 0 saturated carbocycles. The number of hydrogen-bond acceptors (Lipinski definition) is 6. The number of carbonyl (C=O) groups excluding carboxylic acids is 2. The van der Waals surface area contributed by atoms with Gasteiger partial charge in [0.15, 0.2) is 0 Å². The molecule has 2 fully saturated rings. The van der Waals surface area contributed by atoms with Crippen molar-refractivity contribution in [3.8, 4) is 0 Å². The van der Waals surface area contributed by atoms with Gasteiger partial charge in [0.2, 0.25) is 5.91 Å². The molecule has 1 aliphatic carbocycles. The molecule has 3 heterocycles. The molecule has 0 aromatic carbocycles. The third-order valence-corrected chi connectivity index (χ3v) is 7.56. The molecule has 7 heteroatoms. The van der Waals surface area contributed by atoms with Crippen molar-refractivity contribution in [1.29, 1.82) is 0 Å². The molecule has 28 heavy (non-hydrogen) atoms. The zero-order valence-corrected chi connectivity index (χ0v) is 17.6. The number of carbonyl (C=O) groups is 2. The first-order valence-electron chi connectivity index (χ1n) is 10.6. The molecule has 6 nitrogen and oxygen atoms in total. The lowest BCUT2D eigenvalue weighted by atomic mass is 9.96. The number of rotatable bonds is 4. The van der Waals surface area contributed by atoms with E-state index in [1.54, 1.807) is 11.3 Å². The molecule has 154 valence electrons. The van der Waals surface area contributed by atoms with E-state index >= 15 is 0 Å². The summed E-state index contributed by atoms with van der Waals surface area (Å²) < 4.78 is 5.05.